The van der Waals surface area contributed by atoms with E-state index in [1.54, 1.807) is 13.4 Å². The Hall–Kier alpha value is -3.40. The van der Waals surface area contributed by atoms with Crippen molar-refractivity contribution in [3.05, 3.63) is 42.2 Å². The molecule has 2 aromatic rings. The number of piperidine rings is 1. The van der Waals surface area contributed by atoms with Gasteiger partial charge >= 0.3 is 0 Å². The normalized spacial score (nSPS) is 17.6. The maximum absolute atomic E-state index is 12.3. The van der Waals surface area contributed by atoms with Crippen LogP contribution in [0, 0.1) is 5.41 Å². The summed E-state index contributed by atoms with van der Waals surface area (Å²) in [6.45, 7) is 2.35. The summed E-state index contributed by atoms with van der Waals surface area (Å²) in [5.41, 5.74) is 6.20. The fraction of sp³-hybridized carbons (Fsp3) is 0.455. The highest BCUT2D eigenvalue weighted by Gasteiger charge is 2.48. The van der Waals surface area contributed by atoms with Gasteiger partial charge in [-0.3, -0.25) is 9.59 Å². The smallest absolute Gasteiger partial charge is 0.290 e. The molecule has 2 fully saturated rings. The summed E-state index contributed by atoms with van der Waals surface area (Å²) >= 11 is 0. The van der Waals surface area contributed by atoms with Crippen molar-refractivity contribution in [1.29, 1.82) is 0 Å². The minimum Gasteiger partial charge on any atom is -0.497 e. The number of aliphatic hydroxyl groups is 1. The number of amides is 1. The lowest BCUT2D eigenvalue weighted by molar-refractivity contribution is -0.129. The van der Waals surface area contributed by atoms with Gasteiger partial charge < -0.3 is 30.5 Å². The first-order chi connectivity index (χ1) is 15.4. The highest BCUT2D eigenvalue weighted by Crippen LogP contribution is 2.37. The van der Waals surface area contributed by atoms with Crippen LogP contribution in [0.15, 0.2) is 36.7 Å². The lowest BCUT2D eigenvalue weighted by Gasteiger charge is -2.49. The van der Waals surface area contributed by atoms with Crippen molar-refractivity contribution < 1.29 is 24.5 Å². The second-order valence-corrected chi connectivity index (χ2v) is 8.09. The molecule has 0 aliphatic carbocycles. The highest BCUT2D eigenvalue weighted by molar-refractivity contribution is 5.85. The Kier molecular flexibility index (Phi) is 7.47. The number of anilines is 2. The SMILES string of the molecule is COc1cccc(CC2(C(N)=O)CN(c3cc(N4CCC(O)CC4)ncn3)C2)c1.O=CO. The van der Waals surface area contributed by atoms with Gasteiger partial charge in [-0.1, -0.05) is 12.1 Å². The van der Waals surface area contributed by atoms with Crippen LogP contribution in [0.5, 0.6) is 5.75 Å². The molecule has 0 saturated carbocycles. The second kappa shape index (κ2) is 10.3. The standard InChI is InChI=1S/C21H27N5O3.CH2O2/c1-29-17-4-2-3-15(9-17)11-21(20(22)28)12-26(13-21)19-10-18(23-14-24-19)25-7-5-16(27)6-8-25;2-1-3/h2-4,9-10,14,16,27H,5-8,11-13H2,1H3,(H2,22,28);1H,(H,2,3). The van der Waals surface area contributed by atoms with Crippen LogP contribution < -0.4 is 20.3 Å². The number of benzene rings is 1. The highest BCUT2D eigenvalue weighted by atomic mass is 16.5. The zero-order valence-electron chi connectivity index (χ0n) is 18.1. The number of hydrogen-bond acceptors (Lipinski definition) is 8. The van der Waals surface area contributed by atoms with Crippen LogP contribution in [0.25, 0.3) is 0 Å². The third kappa shape index (κ3) is 5.25. The zero-order chi connectivity index (χ0) is 23.1. The molecule has 3 heterocycles. The number of aromatic nitrogens is 2. The van der Waals surface area contributed by atoms with Crippen molar-refractivity contribution in [3.8, 4) is 5.75 Å². The van der Waals surface area contributed by atoms with E-state index < -0.39 is 5.41 Å². The van der Waals surface area contributed by atoms with Crippen LogP contribution in [0.3, 0.4) is 0 Å². The Balaban J connectivity index is 0.000000913. The first kappa shape index (κ1) is 23.3. The van der Waals surface area contributed by atoms with Crippen molar-refractivity contribution in [2.75, 3.05) is 43.1 Å². The van der Waals surface area contributed by atoms with E-state index in [2.05, 4.69) is 19.8 Å². The molecule has 0 unspecified atom stereocenters. The molecule has 2 aliphatic rings. The van der Waals surface area contributed by atoms with Crippen LogP contribution >= 0.6 is 0 Å². The van der Waals surface area contributed by atoms with Crippen molar-refractivity contribution in [3.63, 3.8) is 0 Å². The lowest BCUT2D eigenvalue weighted by Crippen LogP contribution is -2.64. The summed E-state index contributed by atoms with van der Waals surface area (Å²) in [7, 11) is 1.63. The van der Waals surface area contributed by atoms with Gasteiger partial charge in [0, 0.05) is 32.2 Å². The second-order valence-electron chi connectivity index (χ2n) is 8.09. The number of hydrogen-bond donors (Lipinski definition) is 3. The van der Waals surface area contributed by atoms with Crippen LogP contribution in [-0.4, -0.2) is 72.0 Å². The molecular formula is C22H29N5O5. The number of carbonyl (C=O) groups excluding carboxylic acids is 1. The minimum absolute atomic E-state index is 0.226. The summed E-state index contributed by atoms with van der Waals surface area (Å²) in [4.78, 5) is 33.7. The summed E-state index contributed by atoms with van der Waals surface area (Å²) in [6, 6.07) is 9.69. The molecule has 2 aliphatic heterocycles. The monoisotopic (exact) mass is 443 g/mol. The van der Waals surface area contributed by atoms with E-state index in [9.17, 15) is 9.90 Å². The average Bonchev–Trinajstić information content (AvgIpc) is 2.77. The van der Waals surface area contributed by atoms with Gasteiger partial charge in [0.2, 0.25) is 5.91 Å². The van der Waals surface area contributed by atoms with Crippen molar-refractivity contribution in [2.24, 2.45) is 11.1 Å². The molecule has 1 amide bonds. The van der Waals surface area contributed by atoms with Crippen LogP contribution in [0.4, 0.5) is 11.6 Å². The molecule has 10 nitrogen and oxygen atoms in total. The summed E-state index contributed by atoms with van der Waals surface area (Å²) in [5.74, 6) is 2.12. The quantitative estimate of drug-likeness (QED) is 0.549. The molecule has 32 heavy (non-hydrogen) atoms. The van der Waals surface area contributed by atoms with E-state index in [4.69, 9.17) is 20.4 Å². The molecule has 0 bridgehead atoms. The van der Waals surface area contributed by atoms with E-state index >= 15 is 0 Å². The van der Waals surface area contributed by atoms with Gasteiger partial charge in [0.05, 0.1) is 18.6 Å². The molecule has 0 radical (unpaired) electrons. The average molecular weight is 444 g/mol. The predicted molar refractivity (Wildman–Crippen MR) is 119 cm³/mol. The molecule has 10 heteroatoms. The number of primary amides is 1. The molecule has 4 N–H and O–H groups in total. The third-order valence-electron chi connectivity index (χ3n) is 5.94. The Morgan fingerprint density at radius 1 is 1.22 bits per heavy atom. The van der Waals surface area contributed by atoms with E-state index in [0.717, 1.165) is 48.9 Å². The number of aliphatic hydroxyl groups excluding tert-OH is 1. The zero-order valence-corrected chi connectivity index (χ0v) is 18.1. The van der Waals surface area contributed by atoms with Gasteiger partial charge in [-0.25, -0.2) is 9.97 Å². The molecule has 2 saturated heterocycles. The van der Waals surface area contributed by atoms with Gasteiger partial charge in [-0.15, -0.1) is 0 Å². The Morgan fingerprint density at radius 3 is 2.44 bits per heavy atom. The summed E-state index contributed by atoms with van der Waals surface area (Å²) < 4.78 is 5.29. The molecule has 172 valence electrons. The van der Waals surface area contributed by atoms with Crippen LogP contribution in [0.1, 0.15) is 18.4 Å². The maximum Gasteiger partial charge on any atom is 0.290 e. The number of nitrogens with zero attached hydrogens (tertiary/aromatic N) is 4. The molecule has 0 spiro atoms. The first-order valence-corrected chi connectivity index (χ1v) is 10.4. The molecule has 1 aromatic carbocycles. The van der Waals surface area contributed by atoms with Gasteiger partial charge in [0.25, 0.3) is 6.47 Å². The Bertz CT molecular complexity index is 926. The van der Waals surface area contributed by atoms with E-state index in [1.165, 1.54) is 0 Å². The Labute approximate surface area is 186 Å². The molecule has 0 atom stereocenters. The summed E-state index contributed by atoms with van der Waals surface area (Å²) in [6.07, 6.45) is 3.39. The van der Waals surface area contributed by atoms with Gasteiger partial charge in [-0.2, -0.15) is 0 Å². The number of ether oxygens (including phenoxy) is 1. The van der Waals surface area contributed by atoms with Gasteiger partial charge in [0.1, 0.15) is 23.7 Å². The minimum atomic E-state index is -0.618. The van der Waals surface area contributed by atoms with Gasteiger partial charge in [-0.05, 0) is 37.0 Å². The van der Waals surface area contributed by atoms with Crippen molar-refractivity contribution >= 4 is 24.0 Å². The fourth-order valence-electron chi connectivity index (χ4n) is 4.15. The van der Waals surface area contributed by atoms with Gasteiger partial charge in [0.15, 0.2) is 0 Å². The Morgan fingerprint density at radius 2 is 1.84 bits per heavy atom. The predicted octanol–water partition coefficient (Wildman–Crippen LogP) is 0.682. The number of carbonyl (C=O) groups is 2. The fourth-order valence-corrected chi connectivity index (χ4v) is 4.15. The largest absolute Gasteiger partial charge is 0.497 e. The number of carboxylic acid groups (broad SMARTS) is 1. The molecular weight excluding hydrogens is 414 g/mol. The van der Waals surface area contributed by atoms with E-state index in [1.807, 2.05) is 30.3 Å². The number of rotatable bonds is 6. The topological polar surface area (TPSA) is 142 Å². The van der Waals surface area contributed by atoms with Crippen LogP contribution in [-0.2, 0) is 16.0 Å². The number of methoxy groups -OCH3 is 1. The maximum atomic E-state index is 12.3. The van der Waals surface area contributed by atoms with Crippen LogP contribution in [0.2, 0.25) is 0 Å². The van der Waals surface area contributed by atoms with E-state index in [-0.39, 0.29) is 18.5 Å². The summed E-state index contributed by atoms with van der Waals surface area (Å²) in [5, 5.41) is 16.6. The number of nitrogens with two attached hydrogens (primary N) is 1. The van der Waals surface area contributed by atoms with Crippen molar-refractivity contribution in [2.45, 2.75) is 25.4 Å². The third-order valence-corrected chi connectivity index (χ3v) is 5.94. The molecule has 1 aromatic heterocycles. The first-order valence-electron chi connectivity index (χ1n) is 10.4. The lowest BCUT2D eigenvalue weighted by atomic mass is 9.74. The van der Waals surface area contributed by atoms with E-state index in [0.29, 0.717) is 19.5 Å². The van der Waals surface area contributed by atoms with Crippen molar-refractivity contribution in [1.82, 2.24) is 9.97 Å². The molecule has 4 rings (SSSR count).